The van der Waals surface area contributed by atoms with E-state index >= 15 is 0 Å². The van der Waals surface area contributed by atoms with E-state index in [9.17, 15) is 8.78 Å². The molecule has 1 heterocycles. The highest BCUT2D eigenvalue weighted by molar-refractivity contribution is 5.42. The third-order valence-corrected chi connectivity index (χ3v) is 2.92. The maximum Gasteiger partial charge on any atom is 0.387 e. The lowest BCUT2D eigenvalue weighted by Crippen LogP contribution is -2.07. The minimum atomic E-state index is -2.81. The zero-order valence-corrected chi connectivity index (χ0v) is 11.4. The Balaban J connectivity index is 2.06. The molecule has 2 aromatic rings. The van der Waals surface area contributed by atoms with Gasteiger partial charge in [0.2, 0.25) is 0 Å². The highest BCUT2D eigenvalue weighted by atomic mass is 19.3. The molecule has 0 radical (unpaired) electrons. The van der Waals surface area contributed by atoms with Gasteiger partial charge in [0.05, 0.1) is 11.9 Å². The standard InChI is InChI=1S/C14H17F2N3O/c1-3-19-9-12(8-17-19)18-10(2)11-5-4-6-13(7-11)20-14(15)16/h4-10,14,18H,3H2,1-2H3. The first kappa shape index (κ1) is 14.3. The largest absolute Gasteiger partial charge is 0.435 e. The summed E-state index contributed by atoms with van der Waals surface area (Å²) in [6, 6.07) is 6.64. The molecule has 0 aliphatic heterocycles. The van der Waals surface area contributed by atoms with Crippen LogP contribution in [0.1, 0.15) is 25.5 Å². The van der Waals surface area contributed by atoms with Crippen LogP contribution in [0.3, 0.4) is 0 Å². The van der Waals surface area contributed by atoms with Crippen LogP contribution in [-0.4, -0.2) is 16.4 Å². The zero-order valence-electron chi connectivity index (χ0n) is 11.4. The summed E-state index contributed by atoms with van der Waals surface area (Å²) in [5.41, 5.74) is 1.76. The number of hydrogen-bond acceptors (Lipinski definition) is 3. The Hall–Kier alpha value is -2.11. The van der Waals surface area contributed by atoms with Crippen LogP contribution >= 0.6 is 0 Å². The van der Waals surface area contributed by atoms with E-state index in [0.717, 1.165) is 17.8 Å². The van der Waals surface area contributed by atoms with Crippen molar-refractivity contribution in [1.82, 2.24) is 9.78 Å². The van der Waals surface area contributed by atoms with Gasteiger partial charge in [0, 0.05) is 18.8 Å². The lowest BCUT2D eigenvalue weighted by Gasteiger charge is -2.15. The van der Waals surface area contributed by atoms with Gasteiger partial charge < -0.3 is 10.1 Å². The number of nitrogens with one attached hydrogen (secondary N) is 1. The molecule has 1 unspecified atom stereocenters. The molecular formula is C14H17F2N3O. The number of ether oxygens (including phenoxy) is 1. The van der Waals surface area contributed by atoms with Crippen LogP contribution in [0, 0.1) is 0 Å². The van der Waals surface area contributed by atoms with Crippen molar-refractivity contribution in [2.45, 2.75) is 33.0 Å². The van der Waals surface area contributed by atoms with Crippen LogP contribution in [0.25, 0.3) is 0 Å². The molecule has 1 atom stereocenters. The molecule has 1 N–H and O–H groups in total. The van der Waals surface area contributed by atoms with Crippen LogP contribution in [0.5, 0.6) is 5.75 Å². The fraction of sp³-hybridized carbons (Fsp3) is 0.357. The number of halogens is 2. The van der Waals surface area contributed by atoms with Gasteiger partial charge in [-0.2, -0.15) is 13.9 Å². The predicted molar refractivity (Wildman–Crippen MR) is 73.0 cm³/mol. The van der Waals surface area contributed by atoms with Crippen LogP contribution < -0.4 is 10.1 Å². The molecular weight excluding hydrogens is 264 g/mol. The molecule has 0 aliphatic carbocycles. The summed E-state index contributed by atoms with van der Waals surface area (Å²) in [7, 11) is 0. The summed E-state index contributed by atoms with van der Waals surface area (Å²) in [6.45, 7) is 1.94. The van der Waals surface area contributed by atoms with Gasteiger partial charge in [0.1, 0.15) is 5.75 Å². The molecule has 0 saturated heterocycles. The molecule has 108 valence electrons. The molecule has 0 spiro atoms. The number of nitrogens with zero attached hydrogens (tertiary/aromatic N) is 2. The molecule has 4 nitrogen and oxygen atoms in total. The quantitative estimate of drug-likeness (QED) is 0.878. The van der Waals surface area contributed by atoms with Crippen molar-refractivity contribution >= 4 is 5.69 Å². The summed E-state index contributed by atoms with van der Waals surface area (Å²) in [5.74, 6) is 0.162. The Bertz CT molecular complexity index is 557. The third kappa shape index (κ3) is 3.69. The van der Waals surface area contributed by atoms with Gasteiger partial charge in [0.25, 0.3) is 0 Å². The van der Waals surface area contributed by atoms with Gasteiger partial charge in [-0.05, 0) is 31.5 Å². The van der Waals surface area contributed by atoms with E-state index in [1.807, 2.05) is 30.8 Å². The molecule has 0 fully saturated rings. The van der Waals surface area contributed by atoms with Crippen LogP contribution in [0.4, 0.5) is 14.5 Å². The second kappa shape index (κ2) is 6.36. The Morgan fingerprint density at radius 3 is 2.85 bits per heavy atom. The molecule has 20 heavy (non-hydrogen) atoms. The maximum atomic E-state index is 12.2. The van der Waals surface area contributed by atoms with E-state index < -0.39 is 6.61 Å². The first-order valence-corrected chi connectivity index (χ1v) is 6.42. The van der Waals surface area contributed by atoms with Crippen molar-refractivity contribution in [2.75, 3.05) is 5.32 Å². The first-order chi connectivity index (χ1) is 9.58. The van der Waals surface area contributed by atoms with Crippen LogP contribution in [0.2, 0.25) is 0 Å². The smallest absolute Gasteiger partial charge is 0.387 e. The average molecular weight is 281 g/mol. The van der Waals surface area contributed by atoms with Crippen LogP contribution in [-0.2, 0) is 6.54 Å². The molecule has 2 rings (SSSR count). The highest BCUT2D eigenvalue weighted by Gasteiger charge is 2.10. The molecule has 0 aliphatic rings. The van der Waals surface area contributed by atoms with E-state index in [0.29, 0.717) is 0 Å². The van der Waals surface area contributed by atoms with E-state index in [1.165, 1.54) is 6.07 Å². The third-order valence-electron chi connectivity index (χ3n) is 2.92. The number of benzene rings is 1. The van der Waals surface area contributed by atoms with Gasteiger partial charge in [0.15, 0.2) is 0 Å². The number of aromatic nitrogens is 2. The molecule has 1 aromatic carbocycles. The van der Waals surface area contributed by atoms with Gasteiger partial charge >= 0.3 is 6.61 Å². The van der Waals surface area contributed by atoms with Crippen molar-refractivity contribution in [3.63, 3.8) is 0 Å². The normalized spacial score (nSPS) is 12.4. The van der Waals surface area contributed by atoms with Crippen molar-refractivity contribution < 1.29 is 13.5 Å². The van der Waals surface area contributed by atoms with Crippen molar-refractivity contribution in [2.24, 2.45) is 0 Å². The molecule has 0 amide bonds. The van der Waals surface area contributed by atoms with Gasteiger partial charge in [-0.25, -0.2) is 0 Å². The molecule has 1 aromatic heterocycles. The fourth-order valence-corrected chi connectivity index (χ4v) is 1.90. The zero-order chi connectivity index (χ0) is 14.5. The van der Waals surface area contributed by atoms with Crippen LogP contribution in [0.15, 0.2) is 36.7 Å². The van der Waals surface area contributed by atoms with Crippen molar-refractivity contribution in [3.8, 4) is 5.75 Å². The number of alkyl halides is 2. The van der Waals surface area contributed by atoms with E-state index in [-0.39, 0.29) is 11.8 Å². The van der Waals surface area contributed by atoms with E-state index in [2.05, 4.69) is 15.2 Å². The summed E-state index contributed by atoms with van der Waals surface area (Å²) in [4.78, 5) is 0. The van der Waals surface area contributed by atoms with Crippen molar-refractivity contribution in [3.05, 3.63) is 42.2 Å². The summed E-state index contributed by atoms with van der Waals surface area (Å²) >= 11 is 0. The molecule has 0 saturated carbocycles. The number of anilines is 1. The summed E-state index contributed by atoms with van der Waals surface area (Å²) in [6.07, 6.45) is 3.63. The lowest BCUT2D eigenvalue weighted by molar-refractivity contribution is -0.0498. The second-order valence-corrected chi connectivity index (χ2v) is 4.40. The molecule has 6 heteroatoms. The molecule has 0 bridgehead atoms. The SMILES string of the molecule is CCn1cc(NC(C)c2cccc(OC(F)F)c2)cn1. The maximum absolute atomic E-state index is 12.2. The lowest BCUT2D eigenvalue weighted by atomic mass is 10.1. The monoisotopic (exact) mass is 281 g/mol. The predicted octanol–water partition coefficient (Wildman–Crippen LogP) is 3.68. The van der Waals surface area contributed by atoms with E-state index in [4.69, 9.17) is 0 Å². The minimum Gasteiger partial charge on any atom is -0.435 e. The Morgan fingerprint density at radius 2 is 2.20 bits per heavy atom. The Labute approximate surface area is 116 Å². The second-order valence-electron chi connectivity index (χ2n) is 4.40. The number of hydrogen-bond donors (Lipinski definition) is 1. The number of rotatable bonds is 6. The highest BCUT2D eigenvalue weighted by Crippen LogP contribution is 2.23. The van der Waals surface area contributed by atoms with Gasteiger partial charge in [-0.15, -0.1) is 0 Å². The fourth-order valence-electron chi connectivity index (χ4n) is 1.90. The van der Waals surface area contributed by atoms with E-state index in [1.54, 1.807) is 18.3 Å². The number of aryl methyl sites for hydroxylation is 1. The average Bonchev–Trinajstić information content (AvgIpc) is 2.86. The Kier molecular flexibility index (Phi) is 4.55. The first-order valence-electron chi connectivity index (χ1n) is 6.42. The van der Waals surface area contributed by atoms with Gasteiger partial charge in [-0.1, -0.05) is 12.1 Å². The summed E-state index contributed by atoms with van der Waals surface area (Å²) < 4.78 is 30.6. The Morgan fingerprint density at radius 1 is 1.40 bits per heavy atom. The topological polar surface area (TPSA) is 39.1 Å². The van der Waals surface area contributed by atoms with Gasteiger partial charge in [-0.3, -0.25) is 4.68 Å². The van der Waals surface area contributed by atoms with Crippen molar-refractivity contribution in [1.29, 1.82) is 0 Å². The minimum absolute atomic E-state index is 0.0364. The summed E-state index contributed by atoms with van der Waals surface area (Å²) in [5, 5.41) is 7.44.